The zero-order valence-electron chi connectivity index (χ0n) is 21.6. The Hall–Kier alpha value is -2.57. The fraction of sp³-hybridized carbons (Fsp3) is 0.433. The van der Waals surface area contributed by atoms with Crippen LogP contribution in [0.2, 0.25) is 5.02 Å². The standard InChI is InChI=1S/C30H33ClN4OS/c1-18-15-19-10-8-14-30(2,3)23(19)16-22(18)27-32-25-13-7-5-11-21(25)26-28(36-27)33-29(35-34-26)37-17-20-9-4-6-12-24(20)31/h4-7,9-13,18,22-23,27,32H,8,14-17H2,1-3H3/t18-,22+,23-,27-/m1/s1. The molecule has 2 heterocycles. The van der Waals surface area contributed by atoms with Gasteiger partial charge in [0.25, 0.3) is 0 Å². The van der Waals surface area contributed by atoms with Crippen molar-refractivity contribution < 1.29 is 4.74 Å². The number of aromatic nitrogens is 3. The molecule has 37 heavy (non-hydrogen) atoms. The summed E-state index contributed by atoms with van der Waals surface area (Å²) < 4.78 is 6.73. The van der Waals surface area contributed by atoms with Gasteiger partial charge in [0.15, 0.2) is 11.9 Å². The molecule has 0 unspecified atom stereocenters. The van der Waals surface area contributed by atoms with Gasteiger partial charge in [-0.15, -0.1) is 10.2 Å². The third-order valence-electron chi connectivity index (χ3n) is 8.44. The van der Waals surface area contributed by atoms with E-state index in [4.69, 9.17) is 21.3 Å². The molecule has 2 aromatic carbocycles. The Labute approximate surface area is 228 Å². The van der Waals surface area contributed by atoms with Gasteiger partial charge in [0.2, 0.25) is 11.0 Å². The zero-order chi connectivity index (χ0) is 25.6. The van der Waals surface area contributed by atoms with E-state index < -0.39 is 0 Å². The molecule has 1 aliphatic heterocycles. The highest BCUT2D eigenvalue weighted by Crippen LogP contribution is 2.52. The first-order valence-electron chi connectivity index (χ1n) is 13.2. The van der Waals surface area contributed by atoms with Gasteiger partial charge >= 0.3 is 0 Å². The Morgan fingerprint density at radius 1 is 1.11 bits per heavy atom. The summed E-state index contributed by atoms with van der Waals surface area (Å²) in [4.78, 5) is 4.87. The second-order valence-electron chi connectivity index (χ2n) is 11.3. The molecule has 0 saturated heterocycles. The van der Waals surface area contributed by atoms with Crippen molar-refractivity contribution in [3.63, 3.8) is 0 Å². The van der Waals surface area contributed by atoms with Crippen LogP contribution in [0.4, 0.5) is 5.69 Å². The number of hydrogen-bond acceptors (Lipinski definition) is 6. The number of benzene rings is 2. The first kappa shape index (κ1) is 24.7. The minimum atomic E-state index is -0.185. The average molecular weight is 533 g/mol. The maximum Gasteiger partial charge on any atom is 0.247 e. The summed E-state index contributed by atoms with van der Waals surface area (Å²) >= 11 is 7.89. The van der Waals surface area contributed by atoms with Crippen LogP contribution in [0.15, 0.2) is 65.3 Å². The third-order valence-corrected chi connectivity index (χ3v) is 9.70. The van der Waals surface area contributed by atoms with Crippen molar-refractivity contribution in [1.29, 1.82) is 0 Å². The molecular weight excluding hydrogens is 500 g/mol. The van der Waals surface area contributed by atoms with Crippen molar-refractivity contribution in [2.45, 2.75) is 63.6 Å². The number of thioether (sulfide) groups is 1. The van der Waals surface area contributed by atoms with Gasteiger partial charge in [-0.2, -0.15) is 4.98 Å². The van der Waals surface area contributed by atoms with Crippen LogP contribution in [-0.2, 0) is 5.75 Å². The van der Waals surface area contributed by atoms with E-state index >= 15 is 0 Å². The van der Waals surface area contributed by atoms with Gasteiger partial charge in [-0.25, -0.2) is 0 Å². The van der Waals surface area contributed by atoms with Crippen molar-refractivity contribution in [3.05, 3.63) is 70.8 Å². The number of allylic oxidation sites excluding steroid dienone is 2. The number of anilines is 1. The number of nitrogens with zero attached hydrogens (tertiary/aromatic N) is 3. The molecule has 0 spiro atoms. The van der Waals surface area contributed by atoms with E-state index in [1.165, 1.54) is 24.6 Å². The van der Waals surface area contributed by atoms with Crippen molar-refractivity contribution >= 4 is 29.1 Å². The molecule has 192 valence electrons. The maximum atomic E-state index is 6.73. The van der Waals surface area contributed by atoms with Crippen molar-refractivity contribution in [2.75, 3.05) is 5.32 Å². The molecule has 1 saturated carbocycles. The zero-order valence-corrected chi connectivity index (χ0v) is 23.1. The average Bonchev–Trinajstić information content (AvgIpc) is 3.04. The highest BCUT2D eigenvalue weighted by molar-refractivity contribution is 7.98. The van der Waals surface area contributed by atoms with Crippen molar-refractivity contribution in [1.82, 2.24) is 15.2 Å². The summed E-state index contributed by atoms with van der Waals surface area (Å²) in [6, 6.07) is 16.1. The van der Waals surface area contributed by atoms with Crippen LogP contribution in [0.3, 0.4) is 0 Å². The van der Waals surface area contributed by atoms with Gasteiger partial charge in [0.05, 0.1) is 0 Å². The number of halogens is 1. The highest BCUT2D eigenvalue weighted by atomic mass is 35.5. The Morgan fingerprint density at radius 3 is 2.78 bits per heavy atom. The molecule has 3 aliphatic rings. The van der Waals surface area contributed by atoms with Crippen LogP contribution in [0.25, 0.3) is 11.3 Å². The number of rotatable bonds is 4. The number of fused-ring (bicyclic) bond motifs is 4. The van der Waals surface area contributed by atoms with E-state index in [1.54, 1.807) is 5.57 Å². The lowest BCUT2D eigenvalue weighted by Gasteiger charge is -2.48. The summed E-state index contributed by atoms with van der Waals surface area (Å²) in [5.41, 5.74) is 5.70. The molecule has 0 amide bonds. The van der Waals surface area contributed by atoms with Gasteiger partial charge in [0.1, 0.15) is 0 Å². The molecule has 6 rings (SSSR count). The second kappa shape index (κ2) is 9.95. The number of nitrogens with one attached hydrogen (secondary N) is 1. The van der Waals surface area contributed by atoms with Crippen LogP contribution < -0.4 is 10.1 Å². The number of ether oxygens (including phenoxy) is 1. The molecule has 2 aliphatic carbocycles. The molecule has 1 N–H and O–H groups in total. The summed E-state index contributed by atoms with van der Waals surface area (Å²) in [5.74, 6) is 2.68. The monoisotopic (exact) mass is 532 g/mol. The SMILES string of the molecule is C[C@@H]1CC2=CCCC(C)(C)[C@@H]2C[C@@H]1[C@@H]1Nc2ccccc2-c2nnc(SCc3ccccc3Cl)nc2O1. The smallest absolute Gasteiger partial charge is 0.247 e. The predicted octanol–water partition coefficient (Wildman–Crippen LogP) is 8.02. The van der Waals surface area contributed by atoms with Crippen LogP contribution >= 0.6 is 23.4 Å². The maximum absolute atomic E-state index is 6.73. The Morgan fingerprint density at radius 2 is 1.92 bits per heavy atom. The van der Waals surface area contributed by atoms with E-state index in [-0.39, 0.29) is 6.23 Å². The predicted molar refractivity (Wildman–Crippen MR) is 151 cm³/mol. The molecule has 4 atom stereocenters. The van der Waals surface area contributed by atoms with E-state index in [9.17, 15) is 0 Å². The van der Waals surface area contributed by atoms with E-state index in [0.29, 0.717) is 45.7 Å². The first-order chi connectivity index (χ1) is 17.9. The Balaban J connectivity index is 1.31. The van der Waals surface area contributed by atoms with Gasteiger partial charge in [-0.3, -0.25) is 0 Å². The summed E-state index contributed by atoms with van der Waals surface area (Å²) in [6.07, 6.45) is 7.02. The van der Waals surface area contributed by atoms with E-state index in [0.717, 1.165) is 34.7 Å². The molecule has 1 aromatic heterocycles. The second-order valence-corrected chi connectivity index (χ2v) is 12.6. The summed E-state index contributed by atoms with van der Waals surface area (Å²) in [5, 5.41) is 14.1. The fourth-order valence-electron chi connectivity index (χ4n) is 6.27. The quantitative estimate of drug-likeness (QED) is 0.271. The number of hydrogen-bond donors (Lipinski definition) is 1. The fourth-order valence-corrected chi connectivity index (χ4v) is 7.34. The Kier molecular flexibility index (Phi) is 6.66. The van der Waals surface area contributed by atoms with Crippen LogP contribution in [-0.4, -0.2) is 21.4 Å². The largest absolute Gasteiger partial charge is 0.452 e. The van der Waals surface area contributed by atoms with E-state index in [1.807, 2.05) is 30.3 Å². The number of para-hydroxylation sites is 1. The van der Waals surface area contributed by atoms with Crippen LogP contribution in [0, 0.1) is 23.2 Å². The molecule has 7 heteroatoms. The van der Waals surface area contributed by atoms with Gasteiger partial charge < -0.3 is 10.1 Å². The minimum Gasteiger partial charge on any atom is -0.452 e. The van der Waals surface area contributed by atoms with E-state index in [2.05, 4.69) is 60.6 Å². The lowest BCUT2D eigenvalue weighted by atomic mass is 9.59. The summed E-state index contributed by atoms with van der Waals surface area (Å²) in [6.45, 7) is 7.24. The highest BCUT2D eigenvalue weighted by Gasteiger charge is 2.44. The van der Waals surface area contributed by atoms with Crippen LogP contribution in [0.1, 0.15) is 52.0 Å². The molecule has 1 fully saturated rings. The van der Waals surface area contributed by atoms with Crippen LogP contribution in [0.5, 0.6) is 5.88 Å². The third kappa shape index (κ3) is 4.86. The lowest BCUT2D eigenvalue weighted by Crippen LogP contribution is -2.45. The Bertz CT molecular complexity index is 1340. The van der Waals surface area contributed by atoms with Gasteiger partial charge in [0, 0.05) is 27.9 Å². The molecule has 0 bridgehead atoms. The summed E-state index contributed by atoms with van der Waals surface area (Å²) in [7, 11) is 0. The normalized spacial score (nSPS) is 25.9. The van der Waals surface area contributed by atoms with Gasteiger partial charge in [-0.1, -0.05) is 92.2 Å². The van der Waals surface area contributed by atoms with Gasteiger partial charge in [-0.05, 0) is 60.6 Å². The first-order valence-corrected chi connectivity index (χ1v) is 14.6. The minimum absolute atomic E-state index is 0.185. The van der Waals surface area contributed by atoms with Crippen molar-refractivity contribution in [2.24, 2.45) is 23.2 Å². The van der Waals surface area contributed by atoms with Crippen molar-refractivity contribution in [3.8, 4) is 17.1 Å². The lowest BCUT2D eigenvalue weighted by molar-refractivity contribution is 0.0519. The topological polar surface area (TPSA) is 59.9 Å². The molecule has 5 nitrogen and oxygen atoms in total. The molecule has 0 radical (unpaired) electrons. The molecule has 3 aromatic rings. The molecular formula is C30H33ClN4OS.